The van der Waals surface area contributed by atoms with E-state index >= 15 is 0 Å². The van der Waals surface area contributed by atoms with E-state index in [0.29, 0.717) is 11.6 Å². The fourth-order valence-corrected chi connectivity index (χ4v) is 4.07. The first-order chi connectivity index (χ1) is 8.81. The van der Waals surface area contributed by atoms with Gasteiger partial charge in [-0.2, -0.15) is 0 Å². The molecule has 0 aromatic carbocycles. The Hall–Kier alpha value is -0.120. The van der Waals surface area contributed by atoms with E-state index in [9.17, 15) is 0 Å². The van der Waals surface area contributed by atoms with Crippen LogP contribution in [-0.2, 0) is 4.74 Å². The minimum Gasteiger partial charge on any atom is -0.378 e. The number of hydrogen-bond donors (Lipinski definition) is 1. The predicted molar refractivity (Wildman–Crippen MR) is 73.8 cm³/mol. The third-order valence-electron chi connectivity index (χ3n) is 5.20. The second-order valence-corrected chi connectivity index (χ2v) is 6.44. The lowest BCUT2D eigenvalue weighted by Crippen LogP contribution is -2.64. The van der Waals surface area contributed by atoms with Crippen molar-refractivity contribution in [1.82, 2.24) is 10.2 Å². The lowest BCUT2D eigenvalue weighted by molar-refractivity contribution is -0.0618. The van der Waals surface area contributed by atoms with Gasteiger partial charge in [0.1, 0.15) is 0 Å². The molecule has 3 heteroatoms. The predicted octanol–water partition coefficient (Wildman–Crippen LogP) is 2.16. The largest absolute Gasteiger partial charge is 0.378 e. The molecular formula is C15H28N2O. The van der Waals surface area contributed by atoms with Gasteiger partial charge in [0.05, 0.1) is 6.10 Å². The maximum absolute atomic E-state index is 5.69. The quantitative estimate of drug-likeness (QED) is 0.833. The van der Waals surface area contributed by atoms with Crippen LogP contribution in [0.4, 0.5) is 0 Å². The molecular weight excluding hydrogens is 224 g/mol. The molecule has 0 atom stereocenters. The normalized spacial score (nSPS) is 36.5. The van der Waals surface area contributed by atoms with Gasteiger partial charge in [0.25, 0.3) is 0 Å². The molecule has 2 aliphatic carbocycles. The zero-order valence-electron chi connectivity index (χ0n) is 11.8. The summed E-state index contributed by atoms with van der Waals surface area (Å²) in [6.45, 7) is 6.70. The first-order valence-corrected chi connectivity index (χ1v) is 7.92. The van der Waals surface area contributed by atoms with Gasteiger partial charge in [-0.05, 0) is 32.6 Å². The Morgan fingerprint density at radius 3 is 2.72 bits per heavy atom. The summed E-state index contributed by atoms with van der Waals surface area (Å²) in [5.74, 6) is 0. The molecule has 1 aliphatic heterocycles. The Labute approximate surface area is 111 Å². The number of rotatable bonds is 3. The van der Waals surface area contributed by atoms with Crippen LogP contribution in [0, 0.1) is 0 Å². The van der Waals surface area contributed by atoms with Crippen molar-refractivity contribution in [2.75, 3.05) is 26.2 Å². The van der Waals surface area contributed by atoms with E-state index in [1.165, 1.54) is 64.6 Å². The molecule has 3 aliphatic rings. The van der Waals surface area contributed by atoms with Gasteiger partial charge in [-0.1, -0.05) is 19.3 Å². The molecule has 0 bridgehead atoms. The Kier molecular flexibility index (Phi) is 3.92. The van der Waals surface area contributed by atoms with Crippen molar-refractivity contribution in [3.05, 3.63) is 0 Å². The molecule has 3 fully saturated rings. The first kappa shape index (κ1) is 12.9. The molecule has 1 heterocycles. The van der Waals surface area contributed by atoms with Gasteiger partial charge >= 0.3 is 0 Å². The Bertz CT molecular complexity index is 264. The molecule has 0 amide bonds. The fraction of sp³-hybridized carbons (Fsp3) is 1.00. The average Bonchev–Trinajstić information content (AvgIpc) is 2.34. The number of piperazine rings is 1. The van der Waals surface area contributed by atoms with E-state index in [1.54, 1.807) is 0 Å². The molecule has 1 spiro atoms. The van der Waals surface area contributed by atoms with Crippen LogP contribution in [0.25, 0.3) is 0 Å². The highest BCUT2D eigenvalue weighted by atomic mass is 16.5. The van der Waals surface area contributed by atoms with E-state index in [2.05, 4.69) is 17.1 Å². The van der Waals surface area contributed by atoms with Crippen molar-refractivity contribution in [1.29, 1.82) is 0 Å². The van der Waals surface area contributed by atoms with Gasteiger partial charge in [-0.15, -0.1) is 0 Å². The van der Waals surface area contributed by atoms with Gasteiger partial charge in [0, 0.05) is 37.8 Å². The summed E-state index contributed by atoms with van der Waals surface area (Å²) in [4.78, 5) is 2.75. The summed E-state index contributed by atoms with van der Waals surface area (Å²) in [5, 5.41) is 3.83. The summed E-state index contributed by atoms with van der Waals surface area (Å²) in [7, 11) is 0. The number of hydrogen-bond acceptors (Lipinski definition) is 3. The van der Waals surface area contributed by atoms with Crippen LogP contribution in [0.5, 0.6) is 0 Å². The van der Waals surface area contributed by atoms with Gasteiger partial charge in [-0.3, -0.25) is 4.90 Å². The van der Waals surface area contributed by atoms with Crippen LogP contribution >= 0.6 is 0 Å². The molecule has 2 saturated carbocycles. The standard InChI is InChI=1S/C15H28N2O/c1-2-18-14-10-13(11-14)17-9-8-16-15(12-17)6-4-3-5-7-15/h13-14,16H,2-12H2,1H3. The van der Waals surface area contributed by atoms with Crippen LogP contribution < -0.4 is 5.32 Å². The highest BCUT2D eigenvalue weighted by Gasteiger charge is 2.41. The van der Waals surface area contributed by atoms with E-state index in [1.807, 2.05) is 0 Å². The lowest BCUT2D eigenvalue weighted by atomic mass is 9.78. The molecule has 0 aromatic rings. The molecule has 0 unspecified atom stereocenters. The fourth-order valence-electron chi connectivity index (χ4n) is 4.07. The second-order valence-electron chi connectivity index (χ2n) is 6.44. The van der Waals surface area contributed by atoms with Crippen molar-refractivity contribution in [3.63, 3.8) is 0 Å². The van der Waals surface area contributed by atoms with Crippen molar-refractivity contribution in [3.8, 4) is 0 Å². The van der Waals surface area contributed by atoms with E-state index < -0.39 is 0 Å². The highest BCUT2D eigenvalue weighted by molar-refractivity contribution is 5.00. The molecule has 3 nitrogen and oxygen atoms in total. The van der Waals surface area contributed by atoms with Gasteiger partial charge in [0.15, 0.2) is 0 Å². The van der Waals surface area contributed by atoms with E-state index in [4.69, 9.17) is 4.74 Å². The van der Waals surface area contributed by atoms with Crippen LogP contribution in [0.2, 0.25) is 0 Å². The maximum Gasteiger partial charge on any atom is 0.0604 e. The molecule has 3 rings (SSSR count). The summed E-state index contributed by atoms with van der Waals surface area (Å²) >= 11 is 0. The zero-order chi connectivity index (χ0) is 12.4. The first-order valence-electron chi connectivity index (χ1n) is 7.92. The zero-order valence-corrected chi connectivity index (χ0v) is 11.8. The topological polar surface area (TPSA) is 24.5 Å². The molecule has 18 heavy (non-hydrogen) atoms. The van der Waals surface area contributed by atoms with Crippen molar-refractivity contribution in [2.24, 2.45) is 0 Å². The number of nitrogens with one attached hydrogen (secondary N) is 1. The second kappa shape index (κ2) is 5.48. The van der Waals surface area contributed by atoms with Crippen molar-refractivity contribution < 1.29 is 4.74 Å². The SMILES string of the molecule is CCOC1CC(N2CCNC3(CCCCC3)C2)C1. The van der Waals surface area contributed by atoms with Crippen molar-refractivity contribution in [2.45, 2.75) is 69.6 Å². The summed E-state index contributed by atoms with van der Waals surface area (Å²) in [6.07, 6.45) is 10.2. The van der Waals surface area contributed by atoms with Crippen LogP contribution in [0.1, 0.15) is 51.9 Å². The Morgan fingerprint density at radius 2 is 2.00 bits per heavy atom. The minimum absolute atomic E-state index is 0.465. The smallest absolute Gasteiger partial charge is 0.0604 e. The summed E-state index contributed by atoms with van der Waals surface area (Å²) < 4.78 is 5.69. The molecule has 0 radical (unpaired) electrons. The van der Waals surface area contributed by atoms with Crippen LogP contribution in [0.3, 0.4) is 0 Å². The van der Waals surface area contributed by atoms with Crippen LogP contribution in [-0.4, -0.2) is 48.8 Å². The lowest BCUT2D eigenvalue weighted by Gasteiger charge is -2.51. The number of nitrogens with zero attached hydrogens (tertiary/aromatic N) is 1. The molecule has 1 N–H and O–H groups in total. The Balaban J connectivity index is 1.52. The third-order valence-corrected chi connectivity index (χ3v) is 5.20. The molecule has 104 valence electrons. The number of ether oxygens (including phenoxy) is 1. The maximum atomic E-state index is 5.69. The minimum atomic E-state index is 0.465. The average molecular weight is 252 g/mol. The van der Waals surface area contributed by atoms with Crippen LogP contribution in [0.15, 0.2) is 0 Å². The monoisotopic (exact) mass is 252 g/mol. The molecule has 0 aromatic heterocycles. The highest BCUT2D eigenvalue weighted by Crippen LogP contribution is 2.35. The third kappa shape index (κ3) is 2.59. The van der Waals surface area contributed by atoms with E-state index in [0.717, 1.165) is 12.6 Å². The van der Waals surface area contributed by atoms with E-state index in [-0.39, 0.29) is 0 Å². The van der Waals surface area contributed by atoms with Gasteiger partial charge < -0.3 is 10.1 Å². The van der Waals surface area contributed by atoms with Crippen molar-refractivity contribution >= 4 is 0 Å². The summed E-state index contributed by atoms with van der Waals surface area (Å²) in [6, 6.07) is 0.808. The van der Waals surface area contributed by atoms with Gasteiger partial charge in [0.2, 0.25) is 0 Å². The summed E-state index contributed by atoms with van der Waals surface area (Å²) in [5.41, 5.74) is 0.465. The van der Waals surface area contributed by atoms with Gasteiger partial charge in [-0.25, -0.2) is 0 Å². The molecule has 1 saturated heterocycles. The Morgan fingerprint density at radius 1 is 1.22 bits per heavy atom.